The molecular weight excluding hydrogens is 397 g/mol. The summed E-state index contributed by atoms with van der Waals surface area (Å²) in [4.78, 5) is 21.6. The molecule has 0 spiro atoms. The number of hydrogen-bond donors (Lipinski definition) is 2. The van der Waals surface area contributed by atoms with Gasteiger partial charge in [-0.15, -0.1) is 0 Å². The molecule has 0 aliphatic rings. The SMILES string of the molecule is COc1ccc(Oc2c(Cl)cc(CCOC(=O)NCC(=O)O)cc2Cl)cc1. The highest BCUT2D eigenvalue weighted by Crippen LogP contribution is 2.37. The monoisotopic (exact) mass is 413 g/mol. The normalized spacial score (nSPS) is 10.2. The molecule has 0 radical (unpaired) electrons. The van der Waals surface area contributed by atoms with Gasteiger partial charge in [0.15, 0.2) is 5.75 Å². The summed E-state index contributed by atoms with van der Waals surface area (Å²) in [5, 5.41) is 11.2. The number of nitrogens with one attached hydrogen (secondary N) is 1. The van der Waals surface area contributed by atoms with Gasteiger partial charge >= 0.3 is 12.1 Å². The smallest absolute Gasteiger partial charge is 0.407 e. The van der Waals surface area contributed by atoms with Gasteiger partial charge in [0.2, 0.25) is 0 Å². The molecule has 7 nitrogen and oxygen atoms in total. The van der Waals surface area contributed by atoms with E-state index in [0.717, 1.165) is 5.56 Å². The van der Waals surface area contributed by atoms with Crippen molar-refractivity contribution < 1.29 is 28.9 Å². The number of amides is 1. The van der Waals surface area contributed by atoms with Gasteiger partial charge in [0.1, 0.15) is 18.0 Å². The Kier molecular flexibility index (Phi) is 7.57. The molecular formula is C18H17Cl2NO6. The standard InChI is InChI=1S/C18H17Cl2NO6/c1-25-12-2-4-13(5-3-12)27-17-14(19)8-11(9-15(17)20)6-7-26-18(24)21-10-16(22)23/h2-5,8-9H,6-7,10H2,1H3,(H,21,24)(H,22,23). The van der Waals surface area contributed by atoms with Gasteiger partial charge in [-0.3, -0.25) is 4.79 Å². The Labute approximate surface area is 165 Å². The van der Waals surface area contributed by atoms with Crippen LogP contribution in [0.3, 0.4) is 0 Å². The number of alkyl carbamates (subject to hydrolysis) is 1. The number of carboxylic acid groups (broad SMARTS) is 1. The minimum atomic E-state index is -1.15. The maximum Gasteiger partial charge on any atom is 0.407 e. The Bertz CT molecular complexity index is 787. The first kappa shape index (κ1) is 20.7. The fraction of sp³-hybridized carbons (Fsp3) is 0.222. The van der Waals surface area contributed by atoms with Crippen LogP contribution in [0.2, 0.25) is 10.0 Å². The summed E-state index contributed by atoms with van der Waals surface area (Å²) in [6.45, 7) is -0.468. The number of carbonyl (C=O) groups is 2. The number of rotatable bonds is 8. The Hall–Kier alpha value is -2.64. The predicted molar refractivity (Wildman–Crippen MR) is 100 cm³/mol. The first-order valence-corrected chi connectivity index (χ1v) is 8.57. The number of methoxy groups -OCH3 is 1. The zero-order chi connectivity index (χ0) is 19.8. The van der Waals surface area contributed by atoms with Crippen LogP contribution >= 0.6 is 23.2 Å². The van der Waals surface area contributed by atoms with Crippen molar-refractivity contribution in [1.82, 2.24) is 5.32 Å². The minimum Gasteiger partial charge on any atom is -0.497 e. The van der Waals surface area contributed by atoms with Crippen molar-refractivity contribution in [1.29, 1.82) is 0 Å². The lowest BCUT2D eigenvalue weighted by Crippen LogP contribution is -2.30. The van der Waals surface area contributed by atoms with Gasteiger partial charge in [-0.2, -0.15) is 0 Å². The van der Waals surface area contributed by atoms with E-state index in [1.165, 1.54) is 0 Å². The fourth-order valence-corrected chi connectivity index (χ4v) is 2.69. The van der Waals surface area contributed by atoms with E-state index < -0.39 is 18.6 Å². The first-order valence-electron chi connectivity index (χ1n) is 7.81. The summed E-state index contributed by atoms with van der Waals surface area (Å²) >= 11 is 12.5. The highest BCUT2D eigenvalue weighted by Gasteiger charge is 2.12. The molecule has 144 valence electrons. The third-order valence-electron chi connectivity index (χ3n) is 3.35. The lowest BCUT2D eigenvalue weighted by atomic mass is 10.1. The van der Waals surface area contributed by atoms with Crippen LogP contribution < -0.4 is 14.8 Å². The molecule has 9 heteroatoms. The first-order chi connectivity index (χ1) is 12.9. The molecule has 27 heavy (non-hydrogen) atoms. The van der Waals surface area contributed by atoms with Gasteiger partial charge in [-0.05, 0) is 42.0 Å². The van der Waals surface area contributed by atoms with Crippen molar-refractivity contribution >= 4 is 35.3 Å². The van der Waals surface area contributed by atoms with Gasteiger partial charge in [0.25, 0.3) is 0 Å². The van der Waals surface area contributed by atoms with Gasteiger partial charge in [-0.25, -0.2) is 4.79 Å². The number of hydrogen-bond acceptors (Lipinski definition) is 5. The van der Waals surface area contributed by atoms with Crippen LogP contribution in [-0.2, 0) is 16.0 Å². The van der Waals surface area contributed by atoms with Gasteiger partial charge in [0.05, 0.1) is 23.8 Å². The highest BCUT2D eigenvalue weighted by molar-refractivity contribution is 6.37. The second kappa shape index (κ2) is 9.89. The molecule has 0 saturated carbocycles. The molecule has 0 aliphatic heterocycles. The van der Waals surface area contributed by atoms with Crippen LogP contribution in [0, 0.1) is 0 Å². The summed E-state index contributed by atoms with van der Waals surface area (Å²) in [6, 6.07) is 10.3. The largest absolute Gasteiger partial charge is 0.497 e. The molecule has 0 aliphatic carbocycles. The minimum absolute atomic E-state index is 0.0385. The fourth-order valence-electron chi connectivity index (χ4n) is 2.08. The van der Waals surface area contributed by atoms with E-state index in [9.17, 15) is 9.59 Å². The average molecular weight is 414 g/mol. The van der Waals surface area contributed by atoms with E-state index >= 15 is 0 Å². The third kappa shape index (κ3) is 6.54. The van der Waals surface area contributed by atoms with E-state index in [-0.39, 0.29) is 6.61 Å². The predicted octanol–water partition coefficient (Wildman–Crippen LogP) is 4.15. The number of halogens is 2. The number of carbonyl (C=O) groups excluding carboxylic acids is 1. The van der Waals surface area contributed by atoms with Crippen molar-refractivity contribution in [2.24, 2.45) is 0 Å². The van der Waals surface area contributed by atoms with Crippen LogP contribution in [0.1, 0.15) is 5.56 Å². The molecule has 2 aromatic rings. The molecule has 0 fully saturated rings. The number of ether oxygens (including phenoxy) is 3. The van der Waals surface area contributed by atoms with Crippen molar-refractivity contribution in [2.75, 3.05) is 20.3 Å². The quantitative estimate of drug-likeness (QED) is 0.674. The summed E-state index contributed by atoms with van der Waals surface area (Å²) in [5.74, 6) is 0.401. The molecule has 0 unspecified atom stereocenters. The molecule has 1 amide bonds. The third-order valence-corrected chi connectivity index (χ3v) is 3.91. The van der Waals surface area contributed by atoms with E-state index in [1.807, 2.05) is 0 Å². The van der Waals surface area contributed by atoms with E-state index in [1.54, 1.807) is 43.5 Å². The Balaban J connectivity index is 1.95. The molecule has 0 aromatic heterocycles. The lowest BCUT2D eigenvalue weighted by Gasteiger charge is -2.12. The number of aliphatic carboxylic acids is 1. The lowest BCUT2D eigenvalue weighted by molar-refractivity contribution is -0.135. The van der Waals surface area contributed by atoms with Gasteiger partial charge in [-0.1, -0.05) is 23.2 Å². The second-order valence-electron chi connectivity index (χ2n) is 5.30. The Morgan fingerprint density at radius 1 is 1.07 bits per heavy atom. The molecule has 0 bridgehead atoms. The number of benzene rings is 2. The molecule has 2 aromatic carbocycles. The van der Waals surface area contributed by atoms with Crippen LogP contribution in [0.5, 0.6) is 17.2 Å². The van der Waals surface area contributed by atoms with Crippen molar-refractivity contribution in [3.63, 3.8) is 0 Å². The molecule has 0 saturated heterocycles. The second-order valence-corrected chi connectivity index (χ2v) is 6.11. The van der Waals surface area contributed by atoms with E-state index in [0.29, 0.717) is 33.7 Å². The van der Waals surface area contributed by atoms with E-state index in [4.69, 9.17) is 42.5 Å². The van der Waals surface area contributed by atoms with Crippen LogP contribution in [0.4, 0.5) is 4.79 Å². The van der Waals surface area contributed by atoms with Crippen molar-refractivity contribution in [3.05, 3.63) is 52.0 Å². The van der Waals surface area contributed by atoms with Gasteiger partial charge < -0.3 is 24.6 Å². The van der Waals surface area contributed by atoms with Crippen molar-refractivity contribution in [2.45, 2.75) is 6.42 Å². The van der Waals surface area contributed by atoms with Gasteiger partial charge in [0, 0.05) is 6.42 Å². The van der Waals surface area contributed by atoms with E-state index in [2.05, 4.69) is 5.32 Å². The molecule has 2 rings (SSSR count). The topological polar surface area (TPSA) is 94.1 Å². The highest BCUT2D eigenvalue weighted by atomic mass is 35.5. The zero-order valence-corrected chi connectivity index (χ0v) is 15.8. The Morgan fingerprint density at radius 3 is 2.22 bits per heavy atom. The van der Waals surface area contributed by atoms with Crippen LogP contribution in [0.25, 0.3) is 0 Å². The average Bonchev–Trinajstić information content (AvgIpc) is 2.63. The number of carboxylic acids is 1. The molecule has 0 atom stereocenters. The molecule has 2 N–H and O–H groups in total. The summed E-state index contributed by atoms with van der Waals surface area (Å²) in [6.07, 6.45) is -0.461. The summed E-state index contributed by atoms with van der Waals surface area (Å²) < 4.78 is 15.7. The van der Waals surface area contributed by atoms with Crippen molar-refractivity contribution in [3.8, 4) is 17.2 Å². The maximum absolute atomic E-state index is 11.3. The maximum atomic E-state index is 11.3. The van der Waals surface area contributed by atoms with Crippen LogP contribution in [-0.4, -0.2) is 37.4 Å². The van der Waals surface area contributed by atoms with Crippen LogP contribution in [0.15, 0.2) is 36.4 Å². The summed E-state index contributed by atoms with van der Waals surface area (Å²) in [7, 11) is 1.57. The summed E-state index contributed by atoms with van der Waals surface area (Å²) in [5.41, 5.74) is 0.734. The zero-order valence-electron chi connectivity index (χ0n) is 14.3. The molecule has 0 heterocycles. The Morgan fingerprint density at radius 2 is 1.67 bits per heavy atom.